The number of nitrogens with zero attached hydrogens (tertiary/aromatic N) is 2. The molecule has 0 aliphatic carbocycles. The van der Waals surface area contributed by atoms with Gasteiger partial charge in [-0.3, -0.25) is 0 Å². The number of benzene rings is 1. The first-order valence-electron chi connectivity index (χ1n) is 5.11. The lowest BCUT2D eigenvalue weighted by Gasteiger charge is -2.19. The Morgan fingerprint density at radius 2 is 1.76 bits per heavy atom. The van der Waals surface area contributed by atoms with Crippen molar-refractivity contribution in [3.8, 4) is 12.1 Å². The summed E-state index contributed by atoms with van der Waals surface area (Å²) in [5.74, 6) is -1.05. The summed E-state index contributed by atoms with van der Waals surface area (Å²) in [4.78, 5) is 0. The third-order valence-electron chi connectivity index (χ3n) is 3.06. The van der Waals surface area contributed by atoms with Crippen LogP contribution in [0.5, 0.6) is 0 Å². The van der Waals surface area contributed by atoms with E-state index in [9.17, 15) is 8.42 Å². The van der Waals surface area contributed by atoms with Crippen LogP contribution in [0.2, 0.25) is 0 Å². The summed E-state index contributed by atoms with van der Waals surface area (Å²) in [6.45, 7) is 0. The molecule has 1 saturated heterocycles. The Kier molecular flexibility index (Phi) is 2.65. The molecule has 1 aromatic carbocycles. The SMILES string of the molecule is N#CC1(C#N)CS(=O)(=O)CC1c1ccccc1. The zero-order valence-corrected chi connectivity index (χ0v) is 9.81. The van der Waals surface area contributed by atoms with E-state index in [1.165, 1.54) is 0 Å². The molecule has 0 spiro atoms. The number of nitriles is 2. The molecule has 1 atom stereocenters. The van der Waals surface area contributed by atoms with E-state index in [4.69, 9.17) is 10.5 Å². The van der Waals surface area contributed by atoms with E-state index in [2.05, 4.69) is 0 Å². The summed E-state index contributed by atoms with van der Waals surface area (Å²) in [6, 6.07) is 12.7. The van der Waals surface area contributed by atoms with Crippen molar-refractivity contribution in [2.45, 2.75) is 5.92 Å². The fourth-order valence-electron chi connectivity index (χ4n) is 2.21. The largest absolute Gasteiger partial charge is 0.229 e. The zero-order valence-electron chi connectivity index (χ0n) is 9.00. The minimum Gasteiger partial charge on any atom is -0.229 e. The lowest BCUT2D eigenvalue weighted by atomic mass is 9.77. The Hall–Kier alpha value is -1.85. The van der Waals surface area contributed by atoms with E-state index < -0.39 is 21.2 Å². The molecule has 1 fully saturated rings. The second-order valence-electron chi connectivity index (χ2n) is 4.21. The molecule has 86 valence electrons. The Labute approximate surface area is 100 Å². The van der Waals surface area contributed by atoms with Crippen LogP contribution in [0.4, 0.5) is 0 Å². The number of hydrogen-bond acceptors (Lipinski definition) is 4. The molecule has 1 aliphatic rings. The second kappa shape index (κ2) is 3.87. The van der Waals surface area contributed by atoms with Crippen LogP contribution in [-0.2, 0) is 9.84 Å². The summed E-state index contributed by atoms with van der Waals surface area (Å²) in [5, 5.41) is 18.3. The maximum atomic E-state index is 11.6. The second-order valence-corrected chi connectivity index (χ2v) is 6.32. The molecule has 1 aliphatic heterocycles. The Balaban J connectivity index is 2.55. The highest BCUT2D eigenvalue weighted by Gasteiger charge is 2.52. The first-order valence-corrected chi connectivity index (χ1v) is 6.93. The number of rotatable bonds is 1. The van der Waals surface area contributed by atoms with Crippen LogP contribution in [0.1, 0.15) is 11.5 Å². The normalized spacial score (nSPS) is 24.7. The molecular weight excluding hydrogens is 236 g/mol. The lowest BCUT2D eigenvalue weighted by Crippen LogP contribution is -2.24. The van der Waals surface area contributed by atoms with Gasteiger partial charge in [-0.15, -0.1) is 0 Å². The molecule has 5 heteroatoms. The third kappa shape index (κ3) is 1.90. The van der Waals surface area contributed by atoms with Crippen LogP contribution in [0.25, 0.3) is 0 Å². The topological polar surface area (TPSA) is 81.7 Å². The van der Waals surface area contributed by atoms with Crippen molar-refractivity contribution in [1.82, 2.24) is 0 Å². The molecular formula is C12H10N2O2S. The highest BCUT2D eigenvalue weighted by Crippen LogP contribution is 2.43. The van der Waals surface area contributed by atoms with Crippen LogP contribution >= 0.6 is 0 Å². The molecule has 0 saturated carbocycles. The van der Waals surface area contributed by atoms with E-state index in [1.807, 2.05) is 18.2 Å². The van der Waals surface area contributed by atoms with Crippen molar-refractivity contribution in [2.75, 3.05) is 11.5 Å². The lowest BCUT2D eigenvalue weighted by molar-refractivity contribution is 0.516. The van der Waals surface area contributed by atoms with Crippen molar-refractivity contribution in [2.24, 2.45) is 5.41 Å². The molecule has 1 heterocycles. The minimum atomic E-state index is -3.32. The van der Waals surface area contributed by atoms with Gasteiger partial charge in [-0.1, -0.05) is 30.3 Å². The van der Waals surface area contributed by atoms with E-state index in [0.29, 0.717) is 0 Å². The highest BCUT2D eigenvalue weighted by atomic mass is 32.2. The van der Waals surface area contributed by atoms with Crippen LogP contribution in [-0.4, -0.2) is 19.9 Å². The van der Waals surface area contributed by atoms with E-state index >= 15 is 0 Å². The molecule has 1 aromatic rings. The van der Waals surface area contributed by atoms with Crippen molar-refractivity contribution in [3.63, 3.8) is 0 Å². The fraction of sp³-hybridized carbons (Fsp3) is 0.333. The first kappa shape index (κ1) is 11.6. The minimum absolute atomic E-state index is 0.127. The van der Waals surface area contributed by atoms with Gasteiger partial charge in [0.25, 0.3) is 0 Å². The van der Waals surface area contributed by atoms with Crippen molar-refractivity contribution in [1.29, 1.82) is 10.5 Å². The average Bonchev–Trinajstić information content (AvgIpc) is 2.63. The van der Waals surface area contributed by atoms with Crippen molar-refractivity contribution < 1.29 is 8.42 Å². The maximum Gasteiger partial charge on any atom is 0.165 e. The Morgan fingerprint density at radius 3 is 2.29 bits per heavy atom. The predicted octanol–water partition coefficient (Wildman–Crippen LogP) is 1.23. The summed E-state index contributed by atoms with van der Waals surface area (Å²) >= 11 is 0. The smallest absolute Gasteiger partial charge is 0.165 e. The molecule has 0 amide bonds. The van der Waals surface area contributed by atoms with Gasteiger partial charge in [-0.2, -0.15) is 10.5 Å². The Morgan fingerprint density at radius 1 is 1.18 bits per heavy atom. The standard InChI is InChI=1S/C12H10N2O2S/c13-7-12(8-14)9-17(15,16)6-11(12)10-4-2-1-3-5-10/h1-5,11H,6,9H2. The summed E-state index contributed by atoms with van der Waals surface area (Å²) in [6.07, 6.45) is 0. The Bertz CT molecular complexity index is 594. The van der Waals surface area contributed by atoms with E-state index in [0.717, 1.165) is 5.56 Å². The van der Waals surface area contributed by atoms with Gasteiger partial charge in [0.1, 0.15) is 0 Å². The first-order chi connectivity index (χ1) is 8.03. The van der Waals surface area contributed by atoms with Gasteiger partial charge in [-0.05, 0) is 5.56 Å². The average molecular weight is 246 g/mol. The molecule has 0 N–H and O–H groups in total. The van der Waals surface area contributed by atoms with Gasteiger partial charge in [0, 0.05) is 5.92 Å². The van der Waals surface area contributed by atoms with Crippen LogP contribution in [0, 0.1) is 28.1 Å². The fourth-order valence-corrected chi connectivity index (χ4v) is 4.34. The number of sulfone groups is 1. The van der Waals surface area contributed by atoms with Gasteiger partial charge in [0.15, 0.2) is 15.3 Å². The highest BCUT2D eigenvalue weighted by molar-refractivity contribution is 7.91. The molecule has 0 aromatic heterocycles. The molecule has 17 heavy (non-hydrogen) atoms. The molecule has 0 bridgehead atoms. The van der Waals surface area contributed by atoms with Crippen LogP contribution < -0.4 is 0 Å². The van der Waals surface area contributed by atoms with Gasteiger partial charge >= 0.3 is 0 Å². The van der Waals surface area contributed by atoms with Crippen molar-refractivity contribution in [3.05, 3.63) is 35.9 Å². The van der Waals surface area contributed by atoms with Crippen molar-refractivity contribution >= 4 is 9.84 Å². The molecule has 0 radical (unpaired) electrons. The van der Waals surface area contributed by atoms with Gasteiger partial charge in [-0.25, -0.2) is 8.42 Å². The third-order valence-corrected chi connectivity index (χ3v) is 4.80. The quantitative estimate of drug-likeness (QED) is 0.746. The molecule has 4 nitrogen and oxygen atoms in total. The summed E-state index contributed by atoms with van der Waals surface area (Å²) in [7, 11) is -3.32. The predicted molar refractivity (Wildman–Crippen MR) is 61.5 cm³/mol. The van der Waals surface area contributed by atoms with Gasteiger partial charge in [0.2, 0.25) is 0 Å². The van der Waals surface area contributed by atoms with Gasteiger partial charge < -0.3 is 0 Å². The summed E-state index contributed by atoms with van der Waals surface area (Å²) in [5.41, 5.74) is -0.711. The monoisotopic (exact) mass is 246 g/mol. The molecule has 2 rings (SSSR count). The molecule has 1 unspecified atom stereocenters. The van der Waals surface area contributed by atoms with E-state index in [-0.39, 0.29) is 11.5 Å². The van der Waals surface area contributed by atoms with Crippen LogP contribution in [0.15, 0.2) is 30.3 Å². The van der Waals surface area contributed by atoms with Crippen LogP contribution in [0.3, 0.4) is 0 Å². The van der Waals surface area contributed by atoms with Gasteiger partial charge in [0.05, 0.1) is 23.6 Å². The zero-order chi connectivity index (χ0) is 12.5. The maximum absolute atomic E-state index is 11.6. The summed E-state index contributed by atoms with van der Waals surface area (Å²) < 4.78 is 23.3. The number of hydrogen-bond donors (Lipinski definition) is 0. The van der Waals surface area contributed by atoms with E-state index in [1.54, 1.807) is 24.3 Å².